The standard InChI is InChI=1S/C17H34N2O3S/c1-13(20)11-19(15(21)22-16(2,3)4)9-8-18-14-12-23-10-7-17(14,5)6/h13-14,18,20H,7-12H2,1-6H3. The van der Waals surface area contributed by atoms with Crippen molar-refractivity contribution >= 4 is 17.9 Å². The molecule has 1 aliphatic heterocycles. The van der Waals surface area contributed by atoms with Crippen LogP contribution in [-0.2, 0) is 4.74 Å². The molecule has 0 aliphatic carbocycles. The number of aliphatic hydroxyl groups is 1. The summed E-state index contributed by atoms with van der Waals surface area (Å²) in [7, 11) is 0. The molecule has 2 atom stereocenters. The van der Waals surface area contributed by atoms with Crippen LogP contribution in [0.15, 0.2) is 0 Å². The third-order valence-corrected chi connectivity index (χ3v) is 5.09. The lowest BCUT2D eigenvalue weighted by Gasteiger charge is -2.39. The van der Waals surface area contributed by atoms with E-state index in [-0.39, 0.29) is 11.5 Å². The molecule has 5 nitrogen and oxygen atoms in total. The number of carbonyl (C=O) groups is 1. The zero-order chi connectivity index (χ0) is 17.7. The Morgan fingerprint density at radius 3 is 2.65 bits per heavy atom. The fourth-order valence-electron chi connectivity index (χ4n) is 2.55. The molecule has 1 fully saturated rings. The van der Waals surface area contributed by atoms with Gasteiger partial charge in [0.15, 0.2) is 0 Å². The lowest BCUT2D eigenvalue weighted by Crippen LogP contribution is -2.50. The number of aliphatic hydroxyl groups excluding tert-OH is 1. The Morgan fingerprint density at radius 1 is 1.48 bits per heavy atom. The fraction of sp³-hybridized carbons (Fsp3) is 0.941. The van der Waals surface area contributed by atoms with Crippen molar-refractivity contribution in [2.45, 2.75) is 65.7 Å². The number of carbonyl (C=O) groups excluding carboxylic acids is 1. The second-order valence-electron chi connectivity index (χ2n) is 8.10. The Morgan fingerprint density at radius 2 is 2.13 bits per heavy atom. The van der Waals surface area contributed by atoms with Crippen LogP contribution in [0.5, 0.6) is 0 Å². The van der Waals surface area contributed by atoms with Crippen LogP contribution in [0.1, 0.15) is 48.0 Å². The van der Waals surface area contributed by atoms with E-state index < -0.39 is 11.7 Å². The van der Waals surface area contributed by atoms with Gasteiger partial charge in [0.1, 0.15) is 5.60 Å². The largest absolute Gasteiger partial charge is 0.444 e. The molecule has 136 valence electrons. The highest BCUT2D eigenvalue weighted by atomic mass is 32.2. The molecule has 1 amide bonds. The lowest BCUT2D eigenvalue weighted by atomic mass is 9.82. The Kier molecular flexibility index (Phi) is 7.68. The van der Waals surface area contributed by atoms with Gasteiger partial charge in [-0.2, -0.15) is 11.8 Å². The van der Waals surface area contributed by atoms with Gasteiger partial charge < -0.3 is 20.1 Å². The fourth-order valence-corrected chi connectivity index (χ4v) is 4.19. The molecule has 0 aromatic rings. The van der Waals surface area contributed by atoms with Crippen LogP contribution >= 0.6 is 11.8 Å². The first-order valence-corrected chi connectivity index (χ1v) is 9.64. The molecular weight excluding hydrogens is 312 g/mol. The van der Waals surface area contributed by atoms with Crippen LogP contribution in [0.25, 0.3) is 0 Å². The average molecular weight is 347 g/mol. The Bertz CT molecular complexity index is 381. The Balaban J connectivity index is 2.52. The summed E-state index contributed by atoms with van der Waals surface area (Å²) >= 11 is 1.98. The minimum Gasteiger partial charge on any atom is -0.444 e. The highest BCUT2D eigenvalue weighted by Gasteiger charge is 2.32. The summed E-state index contributed by atoms with van der Waals surface area (Å²) in [5, 5.41) is 13.2. The highest BCUT2D eigenvalue weighted by Crippen LogP contribution is 2.33. The van der Waals surface area contributed by atoms with Crippen molar-refractivity contribution in [3.8, 4) is 0 Å². The maximum absolute atomic E-state index is 12.3. The van der Waals surface area contributed by atoms with Crippen molar-refractivity contribution in [3.63, 3.8) is 0 Å². The van der Waals surface area contributed by atoms with Gasteiger partial charge in [0, 0.05) is 31.4 Å². The van der Waals surface area contributed by atoms with E-state index in [0.29, 0.717) is 25.7 Å². The molecule has 2 N–H and O–H groups in total. The molecule has 0 aromatic carbocycles. The quantitative estimate of drug-likeness (QED) is 0.774. The van der Waals surface area contributed by atoms with Crippen molar-refractivity contribution in [2.75, 3.05) is 31.1 Å². The monoisotopic (exact) mass is 346 g/mol. The average Bonchev–Trinajstić information content (AvgIpc) is 2.36. The molecule has 0 saturated carbocycles. The second-order valence-corrected chi connectivity index (χ2v) is 9.25. The minimum atomic E-state index is -0.566. The summed E-state index contributed by atoms with van der Waals surface area (Å²) in [5.74, 6) is 2.33. The maximum Gasteiger partial charge on any atom is 0.410 e. The van der Waals surface area contributed by atoms with Crippen LogP contribution < -0.4 is 5.32 Å². The molecule has 0 bridgehead atoms. The van der Waals surface area contributed by atoms with Crippen molar-refractivity contribution in [3.05, 3.63) is 0 Å². The third kappa shape index (κ3) is 7.77. The van der Waals surface area contributed by atoms with Crippen molar-refractivity contribution in [1.82, 2.24) is 10.2 Å². The Hall–Kier alpha value is -0.460. The summed E-state index contributed by atoms with van der Waals surface area (Å²) < 4.78 is 5.43. The normalized spacial score (nSPS) is 22.5. The number of nitrogens with one attached hydrogen (secondary N) is 1. The third-order valence-electron chi connectivity index (χ3n) is 4.03. The molecule has 6 heteroatoms. The zero-order valence-corrected chi connectivity index (χ0v) is 16.3. The molecule has 1 heterocycles. The van der Waals surface area contributed by atoms with Gasteiger partial charge in [0.25, 0.3) is 0 Å². The number of rotatable bonds is 6. The Labute approximate surface area is 145 Å². The highest BCUT2D eigenvalue weighted by molar-refractivity contribution is 7.99. The molecule has 23 heavy (non-hydrogen) atoms. The number of ether oxygens (including phenoxy) is 1. The van der Waals surface area contributed by atoms with E-state index in [2.05, 4.69) is 19.2 Å². The molecule has 0 aromatic heterocycles. The number of amides is 1. The number of thioether (sulfide) groups is 1. The topological polar surface area (TPSA) is 61.8 Å². The van der Waals surface area contributed by atoms with Gasteiger partial charge in [0.2, 0.25) is 0 Å². The van der Waals surface area contributed by atoms with Gasteiger partial charge >= 0.3 is 6.09 Å². The van der Waals surface area contributed by atoms with E-state index in [1.807, 2.05) is 32.5 Å². The molecule has 1 saturated heterocycles. The molecule has 1 aliphatic rings. The summed E-state index contributed by atoms with van der Waals surface area (Å²) in [6.45, 7) is 13.4. The first kappa shape index (κ1) is 20.6. The van der Waals surface area contributed by atoms with E-state index in [0.717, 1.165) is 5.75 Å². The SMILES string of the molecule is CC(O)CN(CCNC1CSCCC1(C)C)C(=O)OC(C)(C)C. The van der Waals surface area contributed by atoms with Crippen LogP contribution in [0.2, 0.25) is 0 Å². The number of hydrogen-bond acceptors (Lipinski definition) is 5. The van der Waals surface area contributed by atoms with E-state index in [1.165, 1.54) is 12.2 Å². The van der Waals surface area contributed by atoms with Gasteiger partial charge in [-0.1, -0.05) is 13.8 Å². The van der Waals surface area contributed by atoms with Crippen LogP contribution in [0, 0.1) is 5.41 Å². The smallest absolute Gasteiger partial charge is 0.410 e. The van der Waals surface area contributed by atoms with Crippen LogP contribution in [-0.4, -0.2) is 65.0 Å². The first-order chi connectivity index (χ1) is 10.5. The number of nitrogens with zero attached hydrogens (tertiary/aromatic N) is 1. The predicted molar refractivity (Wildman–Crippen MR) is 97.0 cm³/mol. The van der Waals surface area contributed by atoms with Crippen molar-refractivity contribution in [2.24, 2.45) is 5.41 Å². The molecule has 0 radical (unpaired) electrons. The van der Waals surface area contributed by atoms with Gasteiger partial charge in [-0.15, -0.1) is 0 Å². The van der Waals surface area contributed by atoms with Crippen LogP contribution in [0.3, 0.4) is 0 Å². The first-order valence-electron chi connectivity index (χ1n) is 8.48. The maximum atomic E-state index is 12.3. The minimum absolute atomic E-state index is 0.284. The van der Waals surface area contributed by atoms with Gasteiger partial charge in [0.05, 0.1) is 6.10 Å². The van der Waals surface area contributed by atoms with Crippen molar-refractivity contribution < 1.29 is 14.6 Å². The van der Waals surface area contributed by atoms with E-state index in [9.17, 15) is 9.90 Å². The number of hydrogen-bond donors (Lipinski definition) is 2. The molecule has 0 spiro atoms. The van der Waals surface area contributed by atoms with E-state index >= 15 is 0 Å². The zero-order valence-electron chi connectivity index (χ0n) is 15.5. The summed E-state index contributed by atoms with van der Waals surface area (Å²) in [4.78, 5) is 13.9. The molecule has 2 unspecified atom stereocenters. The van der Waals surface area contributed by atoms with Gasteiger partial charge in [-0.05, 0) is 45.3 Å². The molecular formula is C17H34N2O3S. The van der Waals surface area contributed by atoms with Gasteiger partial charge in [-0.25, -0.2) is 4.79 Å². The molecule has 1 rings (SSSR count). The second kappa shape index (κ2) is 8.58. The van der Waals surface area contributed by atoms with E-state index in [4.69, 9.17) is 4.74 Å². The summed E-state index contributed by atoms with van der Waals surface area (Å²) in [6, 6.07) is 0.452. The summed E-state index contributed by atoms with van der Waals surface area (Å²) in [6.07, 6.45) is 0.278. The van der Waals surface area contributed by atoms with Crippen molar-refractivity contribution in [1.29, 1.82) is 0 Å². The predicted octanol–water partition coefficient (Wildman–Crippen LogP) is 2.73. The lowest BCUT2D eigenvalue weighted by molar-refractivity contribution is 0.0161. The summed E-state index contributed by atoms with van der Waals surface area (Å²) in [5.41, 5.74) is -0.240. The van der Waals surface area contributed by atoms with E-state index in [1.54, 1.807) is 11.8 Å². The van der Waals surface area contributed by atoms with Gasteiger partial charge in [-0.3, -0.25) is 0 Å². The van der Waals surface area contributed by atoms with Crippen LogP contribution in [0.4, 0.5) is 4.79 Å².